The van der Waals surface area contributed by atoms with Crippen molar-refractivity contribution in [1.82, 2.24) is 10.2 Å². The van der Waals surface area contributed by atoms with Crippen LogP contribution in [0.25, 0.3) is 0 Å². The summed E-state index contributed by atoms with van der Waals surface area (Å²) in [6.07, 6.45) is 0.797. The summed E-state index contributed by atoms with van der Waals surface area (Å²) in [4.78, 5) is 27.0. The van der Waals surface area contributed by atoms with Gasteiger partial charge in [-0.1, -0.05) is 35.0 Å². The Labute approximate surface area is 179 Å². The monoisotopic (exact) mass is 464 g/mol. The highest BCUT2D eigenvalue weighted by Gasteiger charge is 2.27. The van der Waals surface area contributed by atoms with Crippen LogP contribution in [-0.4, -0.2) is 35.4 Å². The third-order valence-electron chi connectivity index (χ3n) is 4.59. The number of hydrogen-bond acceptors (Lipinski definition) is 3. The molecule has 0 spiro atoms. The molecule has 0 heterocycles. The number of nitrogens with zero attached hydrogens (tertiary/aromatic N) is 1. The second-order valence-electron chi connectivity index (χ2n) is 6.89. The average Bonchev–Trinajstić information content (AvgIpc) is 2.70. The minimum atomic E-state index is -0.674. The van der Waals surface area contributed by atoms with E-state index in [4.69, 9.17) is 4.74 Å². The van der Waals surface area contributed by atoms with E-state index in [2.05, 4.69) is 21.2 Å². The highest BCUT2D eigenvalue weighted by Crippen LogP contribution is 2.16. The molecule has 0 aromatic heterocycles. The Hall–Kier alpha value is -2.41. The first-order valence-corrected chi connectivity index (χ1v) is 10.3. The number of benzene rings is 2. The minimum Gasteiger partial charge on any atom is -0.484 e. The minimum absolute atomic E-state index is 0.0169. The Morgan fingerprint density at radius 2 is 1.86 bits per heavy atom. The normalized spacial score (nSPS) is 12.7. The summed E-state index contributed by atoms with van der Waals surface area (Å²) < 4.78 is 19.4. The summed E-state index contributed by atoms with van der Waals surface area (Å²) >= 11 is 3.43. The second-order valence-corrected chi connectivity index (χ2v) is 7.80. The molecule has 5 nitrogen and oxygen atoms in total. The van der Waals surface area contributed by atoms with Crippen LogP contribution in [0.1, 0.15) is 32.8 Å². The summed E-state index contributed by atoms with van der Waals surface area (Å²) in [5, 5.41) is 2.92. The summed E-state index contributed by atoms with van der Waals surface area (Å²) in [6.45, 7) is 5.62. The van der Waals surface area contributed by atoms with Gasteiger partial charge in [0.15, 0.2) is 6.61 Å². The third kappa shape index (κ3) is 7.16. The number of carbonyl (C=O) groups is 2. The summed E-state index contributed by atoms with van der Waals surface area (Å²) in [6, 6.07) is 12.4. The van der Waals surface area contributed by atoms with E-state index in [9.17, 15) is 14.0 Å². The number of rotatable bonds is 9. The maximum absolute atomic E-state index is 13.0. The molecule has 2 rings (SSSR count). The van der Waals surface area contributed by atoms with Gasteiger partial charge in [-0.3, -0.25) is 9.59 Å². The number of ether oxygens (including phenoxy) is 1. The van der Waals surface area contributed by atoms with Gasteiger partial charge in [-0.15, -0.1) is 0 Å². The van der Waals surface area contributed by atoms with Crippen molar-refractivity contribution >= 4 is 27.7 Å². The van der Waals surface area contributed by atoms with Crippen molar-refractivity contribution in [3.8, 4) is 5.75 Å². The lowest BCUT2D eigenvalue weighted by molar-refractivity contribution is -0.142. The molecule has 0 saturated heterocycles. The molecule has 2 amide bonds. The smallest absolute Gasteiger partial charge is 0.261 e. The molecule has 0 radical (unpaired) electrons. The maximum atomic E-state index is 13.0. The van der Waals surface area contributed by atoms with E-state index in [-0.39, 0.29) is 36.8 Å². The first kappa shape index (κ1) is 22.9. The summed E-state index contributed by atoms with van der Waals surface area (Å²) in [5.41, 5.74) is 0.887. The van der Waals surface area contributed by atoms with Crippen molar-refractivity contribution in [2.24, 2.45) is 0 Å². The van der Waals surface area contributed by atoms with E-state index in [1.807, 2.05) is 38.1 Å². The summed E-state index contributed by atoms with van der Waals surface area (Å²) in [7, 11) is 0. The highest BCUT2D eigenvalue weighted by atomic mass is 79.9. The largest absolute Gasteiger partial charge is 0.484 e. The Bertz CT molecular complexity index is 829. The summed E-state index contributed by atoms with van der Waals surface area (Å²) in [5.74, 6) is -0.542. The van der Waals surface area contributed by atoms with Crippen LogP contribution >= 0.6 is 15.9 Å². The quantitative estimate of drug-likeness (QED) is 0.601. The Morgan fingerprint density at radius 3 is 2.48 bits per heavy atom. The van der Waals surface area contributed by atoms with E-state index in [0.29, 0.717) is 5.75 Å². The molecule has 2 aromatic carbocycles. The molecule has 0 unspecified atom stereocenters. The number of hydrogen-bond donors (Lipinski definition) is 1. The molecule has 1 N–H and O–H groups in total. The lowest BCUT2D eigenvalue weighted by Gasteiger charge is -2.29. The molecule has 0 aliphatic heterocycles. The van der Waals surface area contributed by atoms with Crippen LogP contribution in [0.3, 0.4) is 0 Å². The molecule has 0 bridgehead atoms. The first-order valence-electron chi connectivity index (χ1n) is 9.52. The van der Waals surface area contributed by atoms with E-state index >= 15 is 0 Å². The zero-order valence-electron chi connectivity index (χ0n) is 16.8. The van der Waals surface area contributed by atoms with Crippen molar-refractivity contribution in [3.63, 3.8) is 0 Å². The molecular formula is C22H26BrFN2O3. The second kappa shape index (κ2) is 11.0. The molecule has 2 atom stereocenters. The van der Waals surface area contributed by atoms with E-state index in [1.54, 1.807) is 6.92 Å². The Morgan fingerprint density at radius 1 is 1.17 bits per heavy atom. The van der Waals surface area contributed by atoms with E-state index in [1.165, 1.54) is 29.2 Å². The number of amides is 2. The van der Waals surface area contributed by atoms with Gasteiger partial charge in [-0.2, -0.15) is 0 Å². The van der Waals surface area contributed by atoms with Gasteiger partial charge in [-0.05, 0) is 62.2 Å². The van der Waals surface area contributed by atoms with Crippen molar-refractivity contribution < 1.29 is 18.7 Å². The van der Waals surface area contributed by atoms with Crippen LogP contribution < -0.4 is 10.1 Å². The Balaban J connectivity index is 2.14. The van der Waals surface area contributed by atoms with Crippen molar-refractivity contribution in [3.05, 3.63) is 64.4 Å². The fourth-order valence-corrected chi connectivity index (χ4v) is 3.09. The van der Waals surface area contributed by atoms with Gasteiger partial charge in [0.1, 0.15) is 17.6 Å². The molecule has 0 aliphatic rings. The van der Waals surface area contributed by atoms with Gasteiger partial charge < -0.3 is 15.0 Å². The van der Waals surface area contributed by atoms with Crippen molar-refractivity contribution in [2.75, 3.05) is 6.61 Å². The molecule has 0 saturated carbocycles. The standard InChI is InChI=1S/C22H26BrFN2O3/c1-4-15(2)25-22(28)16(3)26(13-17-6-5-7-18(23)12-17)21(27)14-29-20-10-8-19(24)9-11-20/h5-12,15-16H,4,13-14H2,1-3H3,(H,25,28)/t15-,16+/m1/s1. The number of nitrogens with one attached hydrogen (secondary N) is 1. The number of halogens is 2. The van der Waals surface area contributed by atoms with Crippen molar-refractivity contribution in [1.29, 1.82) is 0 Å². The van der Waals surface area contributed by atoms with Gasteiger partial charge in [0.25, 0.3) is 5.91 Å². The van der Waals surface area contributed by atoms with Crippen LogP contribution in [0.15, 0.2) is 53.0 Å². The van der Waals surface area contributed by atoms with Gasteiger partial charge in [0.05, 0.1) is 0 Å². The third-order valence-corrected chi connectivity index (χ3v) is 5.08. The van der Waals surface area contributed by atoms with Crippen molar-refractivity contribution in [2.45, 2.75) is 45.8 Å². The van der Waals surface area contributed by atoms with Gasteiger partial charge in [0.2, 0.25) is 5.91 Å². The van der Waals surface area contributed by atoms with Crippen LogP contribution in [-0.2, 0) is 16.1 Å². The lowest BCUT2D eigenvalue weighted by Crippen LogP contribution is -2.50. The van der Waals surface area contributed by atoms with Crippen LogP contribution in [0, 0.1) is 5.82 Å². The van der Waals surface area contributed by atoms with E-state index in [0.717, 1.165) is 16.5 Å². The molecule has 156 valence electrons. The molecule has 2 aromatic rings. The van der Waals surface area contributed by atoms with E-state index < -0.39 is 6.04 Å². The first-order chi connectivity index (χ1) is 13.8. The van der Waals surface area contributed by atoms with Gasteiger partial charge >= 0.3 is 0 Å². The van der Waals surface area contributed by atoms with Gasteiger partial charge in [-0.25, -0.2) is 4.39 Å². The molecule has 0 fully saturated rings. The topological polar surface area (TPSA) is 58.6 Å². The fraction of sp³-hybridized carbons (Fsp3) is 0.364. The maximum Gasteiger partial charge on any atom is 0.261 e. The zero-order valence-corrected chi connectivity index (χ0v) is 18.4. The molecule has 7 heteroatoms. The Kier molecular flexibility index (Phi) is 8.64. The fourth-order valence-electron chi connectivity index (χ4n) is 2.64. The average molecular weight is 465 g/mol. The van der Waals surface area contributed by atoms with Crippen LogP contribution in [0.2, 0.25) is 0 Å². The number of carbonyl (C=O) groups excluding carboxylic acids is 2. The molecule has 29 heavy (non-hydrogen) atoms. The van der Waals surface area contributed by atoms with Crippen LogP contribution in [0.5, 0.6) is 5.75 Å². The predicted octanol–water partition coefficient (Wildman–Crippen LogP) is 4.30. The molecule has 0 aliphatic carbocycles. The highest BCUT2D eigenvalue weighted by molar-refractivity contribution is 9.10. The lowest BCUT2D eigenvalue weighted by atomic mass is 10.1. The predicted molar refractivity (Wildman–Crippen MR) is 114 cm³/mol. The van der Waals surface area contributed by atoms with Crippen LogP contribution in [0.4, 0.5) is 4.39 Å². The van der Waals surface area contributed by atoms with Gasteiger partial charge in [0, 0.05) is 17.1 Å². The molecular weight excluding hydrogens is 439 g/mol. The SMILES string of the molecule is CC[C@@H](C)NC(=O)[C@H](C)N(Cc1cccc(Br)c1)C(=O)COc1ccc(F)cc1. The zero-order chi connectivity index (χ0) is 21.4.